The quantitative estimate of drug-likeness (QED) is 0.699. The van der Waals surface area contributed by atoms with Crippen LogP contribution in [0.4, 0.5) is 13.2 Å². The molecule has 168 valence electrons. The van der Waals surface area contributed by atoms with Crippen LogP contribution in [0.1, 0.15) is 28.1 Å². The number of hydrogen-bond donors (Lipinski definition) is 0. The van der Waals surface area contributed by atoms with E-state index in [0.29, 0.717) is 24.9 Å². The van der Waals surface area contributed by atoms with E-state index in [-0.39, 0.29) is 18.1 Å². The van der Waals surface area contributed by atoms with E-state index in [1.165, 1.54) is 23.6 Å². The number of likely N-dealkylation sites (tertiary alicyclic amines) is 2. The Morgan fingerprint density at radius 1 is 1.13 bits per heavy atom. The first-order valence-corrected chi connectivity index (χ1v) is 10.8. The summed E-state index contributed by atoms with van der Waals surface area (Å²) >= 11 is 5.79. The summed E-state index contributed by atoms with van der Waals surface area (Å²) < 4.78 is 40.1. The molecule has 0 radical (unpaired) electrons. The van der Waals surface area contributed by atoms with E-state index >= 15 is 0 Å². The van der Waals surface area contributed by atoms with Crippen LogP contribution in [0.25, 0.3) is 0 Å². The predicted molar refractivity (Wildman–Crippen MR) is 112 cm³/mol. The molecule has 2 saturated heterocycles. The molecule has 3 heterocycles. The fraction of sp³-hybridized carbons (Fsp3) is 0.545. The summed E-state index contributed by atoms with van der Waals surface area (Å²) in [4.78, 5) is 16.9. The lowest BCUT2D eigenvalue weighted by molar-refractivity contribution is -0.142. The molecule has 9 heteroatoms. The second-order valence-electron chi connectivity index (χ2n) is 8.85. The lowest BCUT2D eigenvalue weighted by atomic mass is 10.0. The normalized spacial score (nSPS) is 21.7. The molecule has 0 saturated carbocycles. The number of rotatable bonds is 4. The third-order valence-corrected chi connectivity index (χ3v) is 6.95. The molecular weight excluding hydrogens is 429 g/mol. The molecule has 2 aliphatic heterocycles. The number of aryl methyl sites for hydroxylation is 2. The molecule has 0 spiro atoms. The minimum Gasteiger partial charge on any atom is -0.340 e. The maximum absolute atomic E-state index is 13.0. The van der Waals surface area contributed by atoms with Gasteiger partial charge in [0.1, 0.15) is 6.54 Å². The average Bonchev–Trinajstić information content (AvgIpc) is 3.31. The van der Waals surface area contributed by atoms with Gasteiger partial charge in [0, 0.05) is 32.7 Å². The summed E-state index contributed by atoms with van der Waals surface area (Å²) in [6, 6.07) is 6.51. The second-order valence-corrected chi connectivity index (χ2v) is 9.22. The highest BCUT2D eigenvalue weighted by Gasteiger charge is 2.42. The molecule has 2 aromatic rings. The van der Waals surface area contributed by atoms with E-state index in [4.69, 9.17) is 11.6 Å². The molecule has 2 unspecified atom stereocenters. The van der Waals surface area contributed by atoms with Crippen molar-refractivity contribution in [1.82, 2.24) is 19.6 Å². The van der Waals surface area contributed by atoms with E-state index in [2.05, 4.69) is 42.0 Å². The largest absolute Gasteiger partial charge is 0.436 e. The first-order valence-electron chi connectivity index (χ1n) is 10.4. The van der Waals surface area contributed by atoms with E-state index in [1.807, 2.05) is 0 Å². The van der Waals surface area contributed by atoms with Gasteiger partial charge in [0.2, 0.25) is 5.91 Å². The van der Waals surface area contributed by atoms with Gasteiger partial charge in [0.15, 0.2) is 5.69 Å². The van der Waals surface area contributed by atoms with Crippen molar-refractivity contribution in [2.75, 3.05) is 26.2 Å². The maximum Gasteiger partial charge on any atom is 0.436 e. The predicted octanol–water partition coefficient (Wildman–Crippen LogP) is 4.07. The molecule has 0 N–H and O–H groups in total. The van der Waals surface area contributed by atoms with Gasteiger partial charge >= 0.3 is 6.18 Å². The Hall–Kier alpha value is -2.06. The van der Waals surface area contributed by atoms with Crippen molar-refractivity contribution in [1.29, 1.82) is 0 Å². The lowest BCUT2D eigenvalue weighted by Gasteiger charge is -2.22. The molecule has 1 aromatic carbocycles. The van der Waals surface area contributed by atoms with Gasteiger partial charge in [-0.1, -0.05) is 35.4 Å². The zero-order chi connectivity index (χ0) is 22.5. The van der Waals surface area contributed by atoms with Crippen LogP contribution in [-0.2, 0) is 24.1 Å². The van der Waals surface area contributed by atoms with Crippen molar-refractivity contribution < 1.29 is 18.0 Å². The van der Waals surface area contributed by atoms with Gasteiger partial charge in [0.25, 0.3) is 0 Å². The molecule has 4 rings (SSSR count). The summed E-state index contributed by atoms with van der Waals surface area (Å²) in [5, 5.41) is 3.10. The number of benzene rings is 1. The van der Waals surface area contributed by atoms with E-state index in [1.54, 1.807) is 4.90 Å². The first-order chi connectivity index (χ1) is 14.5. The zero-order valence-electron chi connectivity index (χ0n) is 17.8. The molecule has 0 aliphatic carbocycles. The Balaban J connectivity index is 1.35. The number of fused-ring (bicyclic) bond motifs is 1. The minimum absolute atomic E-state index is 0.154. The number of carbonyl (C=O) groups excluding carboxylic acids is 1. The van der Waals surface area contributed by atoms with Crippen molar-refractivity contribution in [2.45, 2.75) is 40.0 Å². The van der Waals surface area contributed by atoms with Crippen molar-refractivity contribution in [3.8, 4) is 0 Å². The van der Waals surface area contributed by atoms with Gasteiger partial charge in [0.05, 0.1) is 10.7 Å². The van der Waals surface area contributed by atoms with Crippen molar-refractivity contribution >= 4 is 17.5 Å². The van der Waals surface area contributed by atoms with Gasteiger partial charge in [-0.25, -0.2) is 0 Å². The molecule has 2 fully saturated rings. The van der Waals surface area contributed by atoms with Gasteiger partial charge in [-0.3, -0.25) is 14.4 Å². The highest BCUT2D eigenvalue weighted by atomic mass is 35.5. The smallest absolute Gasteiger partial charge is 0.340 e. The van der Waals surface area contributed by atoms with Gasteiger partial charge in [-0.05, 0) is 43.7 Å². The summed E-state index contributed by atoms with van der Waals surface area (Å²) in [6.07, 6.45) is -4.64. The number of amides is 1. The average molecular weight is 455 g/mol. The van der Waals surface area contributed by atoms with Gasteiger partial charge in [-0.15, -0.1) is 0 Å². The third-order valence-electron chi connectivity index (χ3n) is 6.49. The topological polar surface area (TPSA) is 41.4 Å². The third kappa shape index (κ3) is 4.46. The van der Waals surface area contributed by atoms with Crippen molar-refractivity contribution in [2.24, 2.45) is 11.8 Å². The lowest BCUT2D eigenvalue weighted by Crippen LogP contribution is -2.35. The monoisotopic (exact) mass is 454 g/mol. The zero-order valence-corrected chi connectivity index (χ0v) is 18.6. The summed E-state index contributed by atoms with van der Waals surface area (Å²) in [6.45, 7) is 9.45. The number of nitrogens with zero attached hydrogens (tertiary/aromatic N) is 4. The summed E-state index contributed by atoms with van der Waals surface area (Å²) in [5.41, 5.74) is 2.89. The van der Waals surface area contributed by atoms with Crippen LogP contribution in [-0.4, -0.2) is 51.7 Å². The van der Waals surface area contributed by atoms with Crippen LogP contribution in [0.3, 0.4) is 0 Å². The summed E-state index contributed by atoms with van der Waals surface area (Å²) in [5.74, 6) is 0.566. The Morgan fingerprint density at radius 2 is 1.77 bits per heavy atom. The molecule has 31 heavy (non-hydrogen) atoms. The van der Waals surface area contributed by atoms with Gasteiger partial charge < -0.3 is 4.90 Å². The molecule has 2 aliphatic rings. The summed E-state index contributed by atoms with van der Waals surface area (Å²) in [7, 11) is 0. The van der Waals surface area contributed by atoms with Crippen molar-refractivity contribution in [3.05, 3.63) is 51.3 Å². The fourth-order valence-corrected chi connectivity index (χ4v) is 5.02. The molecule has 0 bridgehead atoms. The van der Waals surface area contributed by atoms with Crippen LogP contribution >= 0.6 is 11.6 Å². The SMILES string of the molecule is Cc1ccc(CN2CC3CN(C(=O)Cn4nc(C(F)(F)F)c(Cl)c4C)CC3C2)c(C)c1. The number of carbonyl (C=O) groups is 1. The number of alkyl halides is 3. The number of hydrogen-bond acceptors (Lipinski definition) is 3. The standard InChI is InChI=1S/C22H26ClF3N4O/c1-13-4-5-16(14(2)6-13)7-28-8-17-10-29(11-18(17)9-28)19(31)12-30-15(3)20(23)21(27-30)22(24,25)26/h4-6,17-18H,7-12H2,1-3H3. The molecule has 5 nitrogen and oxygen atoms in total. The minimum atomic E-state index is -4.64. The second kappa shape index (κ2) is 8.13. The van der Waals surface area contributed by atoms with Crippen molar-refractivity contribution in [3.63, 3.8) is 0 Å². The van der Waals surface area contributed by atoms with E-state index in [9.17, 15) is 18.0 Å². The first kappa shape index (κ1) is 22.1. The highest BCUT2D eigenvalue weighted by molar-refractivity contribution is 6.32. The van der Waals surface area contributed by atoms with Gasteiger partial charge in [-0.2, -0.15) is 18.3 Å². The Morgan fingerprint density at radius 3 is 2.32 bits per heavy atom. The van der Waals surface area contributed by atoms with Crippen LogP contribution in [0.2, 0.25) is 5.02 Å². The fourth-order valence-electron chi connectivity index (χ4n) is 4.77. The van der Waals surface area contributed by atoms with E-state index in [0.717, 1.165) is 24.3 Å². The highest BCUT2D eigenvalue weighted by Crippen LogP contribution is 2.36. The van der Waals surface area contributed by atoms with Crippen LogP contribution in [0.5, 0.6) is 0 Å². The number of aromatic nitrogens is 2. The van der Waals surface area contributed by atoms with Crippen LogP contribution in [0.15, 0.2) is 18.2 Å². The Bertz CT molecular complexity index is 989. The molecule has 1 amide bonds. The maximum atomic E-state index is 13.0. The van der Waals surface area contributed by atoms with E-state index < -0.39 is 16.9 Å². The molecule has 1 aromatic heterocycles. The Labute approximate surface area is 184 Å². The Kier molecular flexibility index (Phi) is 5.81. The van der Waals surface area contributed by atoms with Crippen LogP contribution in [0, 0.1) is 32.6 Å². The molecule has 2 atom stereocenters. The molecular formula is C22H26ClF3N4O. The van der Waals surface area contributed by atoms with Crippen LogP contribution < -0.4 is 0 Å². The number of halogens is 4.